The summed E-state index contributed by atoms with van der Waals surface area (Å²) in [5.41, 5.74) is 1.05. The van der Waals surface area contributed by atoms with Crippen molar-refractivity contribution in [1.82, 2.24) is 0 Å². The summed E-state index contributed by atoms with van der Waals surface area (Å²) in [7, 11) is 0. The summed E-state index contributed by atoms with van der Waals surface area (Å²) in [5, 5.41) is 1.33. The van der Waals surface area contributed by atoms with Crippen LogP contribution in [-0.4, -0.2) is 0 Å². The van der Waals surface area contributed by atoms with Gasteiger partial charge in [-0.05, 0) is 25.8 Å². The molecule has 0 aromatic carbocycles. The maximum Gasteiger partial charge on any atom is 0.0574 e. The number of rotatable bonds is 2. The van der Waals surface area contributed by atoms with E-state index in [-0.39, 0.29) is 0 Å². The fraction of sp³-hybridized carbons (Fsp3) is 0.500. The minimum atomic E-state index is 0.656. The smallest absolute Gasteiger partial charge is 0.0574 e. The first-order chi connectivity index (χ1) is 4.59. The fourth-order valence-corrected chi connectivity index (χ4v) is 0.894. The topological polar surface area (TPSA) is 0 Å². The molecule has 10 heavy (non-hydrogen) atoms. The molecular formula is C8H12Cl2. The van der Waals surface area contributed by atoms with Gasteiger partial charge in [-0.2, -0.15) is 0 Å². The summed E-state index contributed by atoms with van der Waals surface area (Å²) in [6, 6.07) is 0. The third-order valence-electron chi connectivity index (χ3n) is 1.16. The SMILES string of the molecule is CC/C=C(C)\C(Cl)=C(/C)Cl. The molecule has 0 aromatic heterocycles. The van der Waals surface area contributed by atoms with Crippen molar-refractivity contribution in [1.29, 1.82) is 0 Å². The molecule has 0 aliphatic rings. The second-order valence-corrected chi connectivity index (χ2v) is 3.09. The van der Waals surface area contributed by atoms with E-state index >= 15 is 0 Å². The van der Waals surface area contributed by atoms with Gasteiger partial charge >= 0.3 is 0 Å². The summed E-state index contributed by atoms with van der Waals surface area (Å²) in [6.45, 7) is 5.81. The Balaban J connectivity index is 4.36. The van der Waals surface area contributed by atoms with E-state index in [2.05, 4.69) is 6.92 Å². The summed E-state index contributed by atoms with van der Waals surface area (Å²) >= 11 is 11.5. The number of halogens is 2. The molecule has 0 aromatic rings. The lowest BCUT2D eigenvalue weighted by atomic mass is 10.2. The Labute approximate surface area is 72.5 Å². The van der Waals surface area contributed by atoms with Crippen LogP contribution in [0, 0.1) is 0 Å². The highest BCUT2D eigenvalue weighted by molar-refractivity contribution is 6.40. The maximum absolute atomic E-state index is 5.82. The summed E-state index contributed by atoms with van der Waals surface area (Å²) in [4.78, 5) is 0. The normalized spacial score (nSPS) is 15.1. The Morgan fingerprint density at radius 2 is 1.80 bits per heavy atom. The molecule has 0 saturated heterocycles. The average molecular weight is 179 g/mol. The monoisotopic (exact) mass is 178 g/mol. The van der Waals surface area contributed by atoms with E-state index in [4.69, 9.17) is 23.2 Å². The number of hydrogen-bond acceptors (Lipinski definition) is 0. The van der Waals surface area contributed by atoms with Gasteiger partial charge in [0.15, 0.2) is 0 Å². The molecule has 0 aliphatic carbocycles. The molecule has 2 heteroatoms. The first-order valence-corrected chi connectivity index (χ1v) is 4.04. The first kappa shape index (κ1) is 10.1. The number of hydrogen-bond donors (Lipinski definition) is 0. The van der Waals surface area contributed by atoms with E-state index in [1.54, 1.807) is 6.92 Å². The molecule has 0 fully saturated rings. The second-order valence-electron chi connectivity index (χ2n) is 2.14. The zero-order valence-corrected chi connectivity index (χ0v) is 8.05. The standard InChI is InChI=1S/C8H12Cl2/c1-4-5-6(2)8(10)7(3)9/h5H,4H2,1-3H3/b6-5-,8-7-. The van der Waals surface area contributed by atoms with E-state index < -0.39 is 0 Å². The molecule has 0 aliphatic heterocycles. The maximum atomic E-state index is 5.82. The van der Waals surface area contributed by atoms with Crippen LogP contribution in [0.1, 0.15) is 27.2 Å². The molecule has 0 heterocycles. The van der Waals surface area contributed by atoms with Gasteiger partial charge < -0.3 is 0 Å². The third kappa shape index (κ3) is 3.28. The van der Waals surface area contributed by atoms with Gasteiger partial charge in [0.1, 0.15) is 0 Å². The third-order valence-corrected chi connectivity index (χ3v) is 2.03. The lowest BCUT2D eigenvalue weighted by molar-refractivity contribution is 1.19. The van der Waals surface area contributed by atoms with Crippen molar-refractivity contribution in [2.75, 3.05) is 0 Å². The number of allylic oxidation sites excluding steroid dienone is 4. The molecule has 0 amide bonds. The van der Waals surface area contributed by atoms with Gasteiger partial charge in [0.05, 0.1) is 5.03 Å². The van der Waals surface area contributed by atoms with Crippen LogP contribution in [0.4, 0.5) is 0 Å². The fourth-order valence-electron chi connectivity index (χ4n) is 0.667. The van der Waals surface area contributed by atoms with E-state index in [1.165, 1.54) is 0 Å². The van der Waals surface area contributed by atoms with Crippen molar-refractivity contribution >= 4 is 23.2 Å². The largest absolute Gasteiger partial charge is 0.0878 e. The van der Waals surface area contributed by atoms with Gasteiger partial charge in [-0.25, -0.2) is 0 Å². The van der Waals surface area contributed by atoms with E-state index in [1.807, 2.05) is 13.0 Å². The predicted molar refractivity (Wildman–Crippen MR) is 48.5 cm³/mol. The minimum absolute atomic E-state index is 0.656. The van der Waals surface area contributed by atoms with Crippen LogP contribution < -0.4 is 0 Å². The molecule has 0 bridgehead atoms. The van der Waals surface area contributed by atoms with Gasteiger partial charge in [0, 0.05) is 5.03 Å². The van der Waals surface area contributed by atoms with Crippen LogP contribution in [0.15, 0.2) is 21.7 Å². The van der Waals surface area contributed by atoms with Crippen molar-refractivity contribution in [2.45, 2.75) is 27.2 Å². The van der Waals surface area contributed by atoms with Crippen molar-refractivity contribution in [3.05, 3.63) is 21.7 Å². The Morgan fingerprint density at radius 3 is 2.10 bits per heavy atom. The average Bonchev–Trinajstić information content (AvgIpc) is 1.87. The Kier molecular flexibility index (Phi) is 4.84. The van der Waals surface area contributed by atoms with Gasteiger partial charge in [-0.1, -0.05) is 36.2 Å². The molecule has 0 N–H and O–H groups in total. The first-order valence-electron chi connectivity index (χ1n) is 3.28. The van der Waals surface area contributed by atoms with Crippen molar-refractivity contribution in [3.63, 3.8) is 0 Å². The lowest BCUT2D eigenvalue weighted by Gasteiger charge is -1.98. The molecule has 0 radical (unpaired) electrons. The van der Waals surface area contributed by atoms with Gasteiger partial charge in [-0.3, -0.25) is 0 Å². The predicted octanol–water partition coefficient (Wildman–Crippen LogP) is 4.05. The summed E-state index contributed by atoms with van der Waals surface area (Å²) in [6.07, 6.45) is 3.04. The highest BCUT2D eigenvalue weighted by atomic mass is 35.5. The molecule has 0 spiro atoms. The van der Waals surface area contributed by atoms with Crippen LogP contribution in [0.2, 0.25) is 0 Å². The van der Waals surface area contributed by atoms with Crippen molar-refractivity contribution in [3.8, 4) is 0 Å². The lowest BCUT2D eigenvalue weighted by Crippen LogP contribution is -1.77. The van der Waals surface area contributed by atoms with E-state index in [0.29, 0.717) is 10.1 Å². The van der Waals surface area contributed by atoms with Crippen LogP contribution in [0.3, 0.4) is 0 Å². The van der Waals surface area contributed by atoms with Gasteiger partial charge in [0.25, 0.3) is 0 Å². The Bertz CT molecular complexity index is 162. The zero-order chi connectivity index (χ0) is 8.15. The van der Waals surface area contributed by atoms with Crippen LogP contribution in [0.25, 0.3) is 0 Å². The van der Waals surface area contributed by atoms with Crippen LogP contribution in [-0.2, 0) is 0 Å². The molecule has 0 nitrogen and oxygen atoms in total. The Hall–Kier alpha value is 0.0600. The highest BCUT2D eigenvalue weighted by Crippen LogP contribution is 2.21. The molecule has 0 unspecified atom stereocenters. The molecule has 0 rings (SSSR count). The molecular weight excluding hydrogens is 167 g/mol. The van der Waals surface area contributed by atoms with Crippen molar-refractivity contribution < 1.29 is 0 Å². The van der Waals surface area contributed by atoms with Gasteiger partial charge in [-0.15, -0.1) is 0 Å². The summed E-state index contributed by atoms with van der Waals surface area (Å²) in [5.74, 6) is 0. The quantitative estimate of drug-likeness (QED) is 0.561. The zero-order valence-electron chi connectivity index (χ0n) is 6.54. The second kappa shape index (κ2) is 4.81. The summed E-state index contributed by atoms with van der Waals surface area (Å²) < 4.78 is 0. The van der Waals surface area contributed by atoms with E-state index in [9.17, 15) is 0 Å². The van der Waals surface area contributed by atoms with E-state index in [0.717, 1.165) is 12.0 Å². The highest BCUT2D eigenvalue weighted by Gasteiger charge is 1.97. The minimum Gasteiger partial charge on any atom is -0.0878 e. The van der Waals surface area contributed by atoms with Gasteiger partial charge in [0.2, 0.25) is 0 Å². The molecule has 58 valence electrons. The Morgan fingerprint density at radius 1 is 1.30 bits per heavy atom. The van der Waals surface area contributed by atoms with Crippen molar-refractivity contribution in [2.24, 2.45) is 0 Å². The molecule has 0 atom stereocenters. The molecule has 0 saturated carbocycles. The van der Waals surface area contributed by atoms with Crippen LogP contribution >= 0.6 is 23.2 Å². The van der Waals surface area contributed by atoms with Crippen LogP contribution in [0.5, 0.6) is 0 Å².